The standard InChI is InChI=1S/C12H22N4S/c1-3-16-12(14-9-15-16)8-13-10-4-6-11(17-2)7-5-10/h9-11,13H,3-8H2,1-2H3. The molecule has 0 radical (unpaired) electrons. The Morgan fingerprint density at radius 2 is 2.18 bits per heavy atom. The molecule has 0 saturated heterocycles. The van der Waals surface area contributed by atoms with Crippen molar-refractivity contribution in [2.45, 2.75) is 57.0 Å². The normalized spacial score (nSPS) is 25.1. The number of hydrogen-bond donors (Lipinski definition) is 1. The highest BCUT2D eigenvalue weighted by atomic mass is 32.2. The molecule has 2 rings (SSSR count). The molecule has 0 aliphatic heterocycles. The van der Waals surface area contributed by atoms with Crippen molar-refractivity contribution < 1.29 is 0 Å². The Labute approximate surface area is 108 Å². The fourth-order valence-electron chi connectivity index (χ4n) is 2.43. The molecule has 0 unspecified atom stereocenters. The van der Waals surface area contributed by atoms with Gasteiger partial charge in [0.2, 0.25) is 0 Å². The zero-order valence-electron chi connectivity index (χ0n) is 10.7. The lowest BCUT2D eigenvalue weighted by molar-refractivity contribution is 0.372. The molecule has 1 aliphatic carbocycles. The summed E-state index contributed by atoms with van der Waals surface area (Å²) in [5.41, 5.74) is 0. The molecule has 0 atom stereocenters. The SMILES string of the molecule is CCn1ncnc1CNC1CCC(SC)CC1. The van der Waals surface area contributed by atoms with Gasteiger partial charge in [0, 0.05) is 17.8 Å². The minimum atomic E-state index is 0.667. The summed E-state index contributed by atoms with van der Waals surface area (Å²) in [6.07, 6.45) is 9.16. The summed E-state index contributed by atoms with van der Waals surface area (Å²) in [7, 11) is 0. The van der Waals surface area contributed by atoms with E-state index in [-0.39, 0.29) is 0 Å². The van der Waals surface area contributed by atoms with Crippen LogP contribution in [0.3, 0.4) is 0 Å². The predicted molar refractivity (Wildman–Crippen MR) is 72.1 cm³/mol. The first kappa shape index (κ1) is 12.9. The van der Waals surface area contributed by atoms with Crippen molar-refractivity contribution in [2.75, 3.05) is 6.26 Å². The zero-order chi connectivity index (χ0) is 12.1. The summed E-state index contributed by atoms with van der Waals surface area (Å²) in [6.45, 7) is 3.85. The van der Waals surface area contributed by atoms with Crippen molar-refractivity contribution in [1.82, 2.24) is 20.1 Å². The minimum Gasteiger partial charge on any atom is -0.307 e. The molecule has 96 valence electrons. The highest BCUT2D eigenvalue weighted by molar-refractivity contribution is 7.99. The van der Waals surface area contributed by atoms with Gasteiger partial charge in [0.25, 0.3) is 0 Å². The molecule has 0 aromatic carbocycles. The summed E-state index contributed by atoms with van der Waals surface area (Å²) in [5, 5.41) is 8.68. The maximum Gasteiger partial charge on any atom is 0.140 e. The van der Waals surface area contributed by atoms with Gasteiger partial charge in [-0.1, -0.05) is 0 Å². The average Bonchev–Trinajstić information content (AvgIpc) is 2.84. The third-order valence-corrected chi connectivity index (χ3v) is 4.69. The van der Waals surface area contributed by atoms with Crippen LogP contribution in [0.25, 0.3) is 0 Å². The second-order valence-electron chi connectivity index (χ2n) is 4.58. The molecular weight excluding hydrogens is 232 g/mol. The van der Waals surface area contributed by atoms with Crippen molar-refractivity contribution in [3.8, 4) is 0 Å². The Kier molecular flexibility index (Phi) is 4.86. The van der Waals surface area contributed by atoms with Crippen molar-refractivity contribution in [3.63, 3.8) is 0 Å². The summed E-state index contributed by atoms with van der Waals surface area (Å²) in [4.78, 5) is 4.29. The van der Waals surface area contributed by atoms with Crippen LogP contribution in [0, 0.1) is 0 Å². The first-order valence-corrected chi connectivity index (χ1v) is 7.75. The molecule has 1 fully saturated rings. The monoisotopic (exact) mass is 254 g/mol. The van der Waals surface area contributed by atoms with Gasteiger partial charge in [-0.15, -0.1) is 0 Å². The second kappa shape index (κ2) is 6.40. The largest absolute Gasteiger partial charge is 0.307 e. The van der Waals surface area contributed by atoms with E-state index in [1.807, 2.05) is 16.4 Å². The van der Waals surface area contributed by atoms with Gasteiger partial charge in [0.05, 0.1) is 6.54 Å². The summed E-state index contributed by atoms with van der Waals surface area (Å²) >= 11 is 2.02. The quantitative estimate of drug-likeness (QED) is 0.873. The Hall–Kier alpha value is -0.550. The van der Waals surface area contributed by atoms with Gasteiger partial charge < -0.3 is 5.32 Å². The maximum absolute atomic E-state index is 4.29. The lowest BCUT2D eigenvalue weighted by Gasteiger charge is -2.28. The van der Waals surface area contributed by atoms with Crippen LogP contribution in [0.15, 0.2) is 6.33 Å². The molecule has 1 aliphatic rings. The van der Waals surface area contributed by atoms with Crippen LogP contribution in [0.4, 0.5) is 0 Å². The lowest BCUT2D eigenvalue weighted by Crippen LogP contribution is -2.34. The minimum absolute atomic E-state index is 0.667. The van der Waals surface area contributed by atoms with Crippen LogP contribution >= 0.6 is 11.8 Å². The molecule has 1 aromatic rings. The van der Waals surface area contributed by atoms with Crippen LogP contribution in [0.1, 0.15) is 38.4 Å². The van der Waals surface area contributed by atoms with E-state index in [1.54, 1.807) is 6.33 Å². The van der Waals surface area contributed by atoms with E-state index in [0.717, 1.165) is 24.2 Å². The lowest BCUT2D eigenvalue weighted by atomic mass is 9.95. The molecule has 1 heterocycles. The molecule has 0 amide bonds. The number of rotatable bonds is 5. The fourth-order valence-corrected chi connectivity index (χ4v) is 3.17. The van der Waals surface area contributed by atoms with Gasteiger partial charge in [0.15, 0.2) is 0 Å². The molecule has 1 saturated carbocycles. The van der Waals surface area contributed by atoms with E-state index in [0.29, 0.717) is 6.04 Å². The molecule has 0 spiro atoms. The average molecular weight is 254 g/mol. The van der Waals surface area contributed by atoms with Gasteiger partial charge in [-0.2, -0.15) is 16.9 Å². The predicted octanol–water partition coefficient (Wildman–Crippen LogP) is 2.06. The molecule has 4 nitrogen and oxygen atoms in total. The Morgan fingerprint density at radius 1 is 1.41 bits per heavy atom. The van der Waals surface area contributed by atoms with Gasteiger partial charge in [-0.05, 0) is 38.9 Å². The fraction of sp³-hybridized carbons (Fsp3) is 0.833. The summed E-state index contributed by atoms with van der Waals surface area (Å²) in [6, 6.07) is 0.667. The smallest absolute Gasteiger partial charge is 0.140 e. The highest BCUT2D eigenvalue weighted by Crippen LogP contribution is 2.26. The molecule has 5 heteroatoms. The molecule has 17 heavy (non-hydrogen) atoms. The highest BCUT2D eigenvalue weighted by Gasteiger charge is 2.20. The Balaban J connectivity index is 1.76. The van der Waals surface area contributed by atoms with Gasteiger partial charge in [0.1, 0.15) is 12.2 Å². The number of nitrogens with zero attached hydrogens (tertiary/aromatic N) is 3. The van der Waals surface area contributed by atoms with Crippen LogP contribution in [0.5, 0.6) is 0 Å². The first-order valence-electron chi connectivity index (χ1n) is 6.46. The summed E-state index contributed by atoms with van der Waals surface area (Å²) in [5.74, 6) is 1.06. The van der Waals surface area contributed by atoms with E-state index in [4.69, 9.17) is 0 Å². The molecular formula is C12H22N4S. The van der Waals surface area contributed by atoms with Crippen molar-refractivity contribution >= 4 is 11.8 Å². The topological polar surface area (TPSA) is 42.7 Å². The van der Waals surface area contributed by atoms with Gasteiger partial charge >= 0.3 is 0 Å². The third-order valence-electron chi connectivity index (χ3n) is 3.55. The van der Waals surface area contributed by atoms with E-state index < -0.39 is 0 Å². The van der Waals surface area contributed by atoms with E-state index >= 15 is 0 Å². The number of thioether (sulfide) groups is 1. The van der Waals surface area contributed by atoms with Gasteiger partial charge in [-0.3, -0.25) is 0 Å². The van der Waals surface area contributed by atoms with Crippen molar-refractivity contribution in [3.05, 3.63) is 12.2 Å². The maximum atomic E-state index is 4.29. The van der Waals surface area contributed by atoms with Gasteiger partial charge in [-0.25, -0.2) is 9.67 Å². The zero-order valence-corrected chi connectivity index (χ0v) is 11.5. The van der Waals surface area contributed by atoms with E-state index in [9.17, 15) is 0 Å². The summed E-state index contributed by atoms with van der Waals surface area (Å²) < 4.78 is 1.96. The van der Waals surface area contributed by atoms with Crippen molar-refractivity contribution in [2.24, 2.45) is 0 Å². The second-order valence-corrected chi connectivity index (χ2v) is 5.72. The number of aryl methyl sites for hydroxylation is 1. The Morgan fingerprint density at radius 3 is 2.82 bits per heavy atom. The van der Waals surface area contributed by atoms with Crippen LogP contribution in [-0.4, -0.2) is 32.3 Å². The van der Waals surface area contributed by atoms with E-state index in [1.165, 1.54) is 25.7 Å². The Bertz CT molecular complexity index is 331. The molecule has 1 N–H and O–H groups in total. The number of hydrogen-bond acceptors (Lipinski definition) is 4. The van der Waals surface area contributed by atoms with Crippen LogP contribution < -0.4 is 5.32 Å². The van der Waals surface area contributed by atoms with E-state index in [2.05, 4.69) is 28.6 Å². The van der Waals surface area contributed by atoms with Crippen LogP contribution in [-0.2, 0) is 13.1 Å². The first-order chi connectivity index (χ1) is 8.33. The number of aromatic nitrogens is 3. The molecule has 1 aromatic heterocycles. The number of nitrogens with one attached hydrogen (secondary N) is 1. The van der Waals surface area contributed by atoms with Crippen LogP contribution in [0.2, 0.25) is 0 Å². The van der Waals surface area contributed by atoms with Crippen molar-refractivity contribution in [1.29, 1.82) is 0 Å². The third kappa shape index (κ3) is 3.45. The molecule has 0 bridgehead atoms.